The van der Waals surface area contributed by atoms with Crippen LogP contribution in [0.5, 0.6) is 0 Å². The van der Waals surface area contributed by atoms with Gasteiger partial charge in [0.25, 0.3) is 0 Å². The van der Waals surface area contributed by atoms with Crippen molar-refractivity contribution in [1.82, 2.24) is 0 Å². The summed E-state index contributed by atoms with van der Waals surface area (Å²) in [5.41, 5.74) is 9.66. The van der Waals surface area contributed by atoms with Crippen molar-refractivity contribution in [3.8, 4) is 12.4 Å². The van der Waals surface area contributed by atoms with Crippen molar-refractivity contribution in [2.24, 2.45) is 11.5 Å². The smallest absolute Gasteiger partial charge is 0.173 e. The molecule has 0 unspecified atom stereocenters. The third-order valence-corrected chi connectivity index (χ3v) is 4.28. The van der Waals surface area contributed by atoms with Gasteiger partial charge in [0.2, 0.25) is 0 Å². The maximum atomic E-state index is 7.10. The lowest BCUT2D eigenvalue weighted by molar-refractivity contribution is -0.697. The Hall–Kier alpha value is -2.27. The fourth-order valence-corrected chi connectivity index (χ4v) is 2.93. The molecule has 1 heterocycles. The fraction of sp³-hybridized carbons (Fsp3) is 0.682. The van der Waals surface area contributed by atoms with Gasteiger partial charge in [-0.3, -0.25) is 0 Å². The fourth-order valence-electron chi connectivity index (χ4n) is 2.93. The molecule has 0 aliphatic heterocycles. The van der Waals surface area contributed by atoms with Crippen LogP contribution in [-0.4, -0.2) is 0 Å². The van der Waals surface area contributed by atoms with Gasteiger partial charge in [0, 0.05) is 18.1 Å². The second kappa shape index (κ2) is 23.7. The van der Waals surface area contributed by atoms with E-state index < -0.39 is 0 Å². The molecule has 0 aliphatic carbocycles. The summed E-state index contributed by atoms with van der Waals surface area (Å²) in [6.07, 6.45) is 24.0. The van der Waals surface area contributed by atoms with Crippen molar-refractivity contribution >= 4 is 0 Å². The van der Waals surface area contributed by atoms with Crippen LogP contribution < -0.4 is 16.0 Å². The Bertz CT molecular complexity index is 490. The predicted octanol–water partition coefficient (Wildman–Crippen LogP) is 4.84. The van der Waals surface area contributed by atoms with Crippen LogP contribution in [0.2, 0.25) is 0 Å². The molecular formula is C22H40N5+. The van der Waals surface area contributed by atoms with E-state index in [2.05, 4.69) is 54.4 Å². The lowest BCUT2D eigenvalue weighted by Gasteiger charge is -2.02. The van der Waals surface area contributed by atoms with Crippen molar-refractivity contribution in [3.63, 3.8) is 0 Å². The van der Waals surface area contributed by atoms with E-state index in [-0.39, 0.29) is 0 Å². The van der Waals surface area contributed by atoms with Crippen molar-refractivity contribution in [2.75, 3.05) is 0 Å². The molecule has 0 aromatic carbocycles. The Balaban J connectivity index is 0. The quantitative estimate of drug-likeness (QED) is 0.223. The molecule has 4 N–H and O–H groups in total. The first-order valence-corrected chi connectivity index (χ1v) is 10.3. The van der Waals surface area contributed by atoms with E-state index in [1.807, 2.05) is 0 Å². The summed E-state index contributed by atoms with van der Waals surface area (Å²) in [6, 6.07) is 4.31. The van der Waals surface area contributed by atoms with E-state index >= 15 is 0 Å². The zero-order valence-corrected chi connectivity index (χ0v) is 17.5. The molecule has 0 amide bonds. The highest BCUT2D eigenvalue weighted by Gasteiger charge is 1.99. The number of nitrogens with zero attached hydrogens (tertiary/aromatic N) is 3. The Morgan fingerprint density at radius 2 is 1.22 bits per heavy atom. The largest absolute Gasteiger partial charge is 0.337 e. The van der Waals surface area contributed by atoms with E-state index in [1.54, 1.807) is 0 Å². The minimum atomic E-state index is 1.18. The number of aryl methyl sites for hydroxylation is 2. The highest BCUT2D eigenvalue weighted by Crippen LogP contribution is 2.11. The predicted molar refractivity (Wildman–Crippen MR) is 112 cm³/mol. The molecule has 5 nitrogen and oxygen atoms in total. The summed E-state index contributed by atoms with van der Waals surface area (Å²) >= 11 is 0. The van der Waals surface area contributed by atoms with Crippen LogP contribution in [0.15, 0.2) is 24.5 Å². The van der Waals surface area contributed by atoms with Gasteiger partial charge in [-0.2, -0.15) is 10.5 Å². The number of pyridine rings is 1. The summed E-state index contributed by atoms with van der Waals surface area (Å²) in [4.78, 5) is 0. The first-order chi connectivity index (χ1) is 13.2. The summed E-state index contributed by atoms with van der Waals surface area (Å²) in [6.45, 7) is 5.63. The second-order valence-electron chi connectivity index (χ2n) is 6.77. The van der Waals surface area contributed by atoms with Gasteiger partial charge in [-0.25, -0.2) is 4.57 Å². The molecule has 1 aromatic heterocycles. The average Bonchev–Trinajstić information content (AvgIpc) is 2.64. The van der Waals surface area contributed by atoms with Crippen molar-refractivity contribution in [2.45, 2.75) is 97.4 Å². The molecule has 5 heteroatoms. The third-order valence-electron chi connectivity index (χ3n) is 4.28. The van der Waals surface area contributed by atoms with Gasteiger partial charge in [-0.15, -0.1) is 0 Å². The molecule has 0 aliphatic rings. The lowest BCUT2D eigenvalue weighted by Crippen LogP contribution is -2.32. The van der Waals surface area contributed by atoms with Gasteiger partial charge < -0.3 is 11.5 Å². The number of hydrogen-bond donors (Lipinski definition) is 2. The first-order valence-electron chi connectivity index (χ1n) is 10.3. The number of nitriles is 2. The number of hydrogen-bond acceptors (Lipinski definition) is 4. The molecular weight excluding hydrogens is 334 g/mol. The van der Waals surface area contributed by atoms with Crippen LogP contribution in [0.3, 0.4) is 0 Å². The summed E-state index contributed by atoms with van der Waals surface area (Å²) in [5, 5.41) is 14.2. The van der Waals surface area contributed by atoms with Crippen LogP contribution in [0, 0.1) is 29.8 Å². The van der Waals surface area contributed by atoms with Crippen molar-refractivity contribution < 1.29 is 4.57 Å². The molecule has 0 bridgehead atoms. The minimum Gasteiger partial charge on any atom is -0.337 e. The Kier molecular flexibility index (Phi) is 23.7. The minimum absolute atomic E-state index is 1.18. The van der Waals surface area contributed by atoms with Crippen LogP contribution in [0.1, 0.15) is 89.5 Å². The molecule has 0 radical (unpaired) electrons. The summed E-state index contributed by atoms with van der Waals surface area (Å²) in [7, 11) is 0. The maximum absolute atomic E-state index is 7.10. The van der Waals surface area contributed by atoms with Crippen LogP contribution >= 0.6 is 0 Å². The number of nitrogens with two attached hydrogens (primary N) is 2. The second-order valence-corrected chi connectivity index (χ2v) is 6.77. The maximum Gasteiger partial charge on any atom is 0.173 e. The number of unbranched alkanes of at least 4 members (excludes halogenated alkanes) is 11. The molecule has 1 rings (SSSR count). The lowest BCUT2D eigenvalue weighted by atomic mass is 10.1. The van der Waals surface area contributed by atoms with Gasteiger partial charge in [0.15, 0.2) is 24.8 Å². The van der Waals surface area contributed by atoms with E-state index in [0.717, 1.165) is 0 Å². The summed E-state index contributed by atoms with van der Waals surface area (Å²) < 4.78 is 2.33. The molecule has 0 atom stereocenters. The van der Waals surface area contributed by atoms with Crippen molar-refractivity contribution in [3.05, 3.63) is 30.1 Å². The molecule has 1 aromatic rings. The van der Waals surface area contributed by atoms with Crippen LogP contribution in [-0.2, 0) is 6.54 Å². The average molecular weight is 375 g/mol. The van der Waals surface area contributed by atoms with Gasteiger partial charge in [-0.05, 0) is 19.4 Å². The van der Waals surface area contributed by atoms with E-state index in [4.69, 9.17) is 10.5 Å². The highest BCUT2D eigenvalue weighted by atomic mass is 14.9. The summed E-state index contributed by atoms with van der Waals surface area (Å²) in [5.74, 6) is 0. The number of rotatable bonds is 13. The Morgan fingerprint density at radius 1 is 0.815 bits per heavy atom. The Morgan fingerprint density at radius 3 is 1.63 bits per heavy atom. The first kappa shape index (κ1) is 27.0. The topological polar surface area (TPSA) is 103 Å². The van der Waals surface area contributed by atoms with Gasteiger partial charge >= 0.3 is 0 Å². The molecule has 0 fully saturated rings. The van der Waals surface area contributed by atoms with Gasteiger partial charge in [0.05, 0.1) is 0 Å². The van der Waals surface area contributed by atoms with E-state index in [0.29, 0.717) is 0 Å². The third kappa shape index (κ3) is 23.7. The van der Waals surface area contributed by atoms with E-state index in [9.17, 15) is 0 Å². The molecule has 152 valence electrons. The van der Waals surface area contributed by atoms with Gasteiger partial charge in [0.1, 0.15) is 6.54 Å². The monoisotopic (exact) mass is 374 g/mol. The standard InChI is InChI=1S/C20H36N.2CH2N2/c1-3-4-5-6-7-8-9-10-11-12-13-14-17-21-18-15-16-20(2)19-21;2*2-1-3/h15-16,18-19H,3-14,17H2,1-2H3;2*2H2/q+1;;. The molecule has 0 saturated heterocycles. The normalized spacial score (nSPS) is 9.04. The zero-order chi connectivity index (χ0) is 20.6. The molecule has 0 spiro atoms. The van der Waals surface area contributed by atoms with Gasteiger partial charge in [-0.1, -0.05) is 71.1 Å². The molecule has 27 heavy (non-hydrogen) atoms. The SMILES string of the molecule is CCCCCCCCCCCCCC[n+]1cccc(C)c1.N#CN.N#CN. The van der Waals surface area contributed by atoms with Crippen LogP contribution in [0.4, 0.5) is 0 Å². The Labute approximate surface area is 167 Å². The van der Waals surface area contributed by atoms with Crippen molar-refractivity contribution in [1.29, 1.82) is 10.5 Å². The zero-order valence-electron chi connectivity index (χ0n) is 17.5. The van der Waals surface area contributed by atoms with E-state index in [1.165, 1.54) is 102 Å². The highest BCUT2D eigenvalue weighted by molar-refractivity contribution is 5.01. The van der Waals surface area contributed by atoms with Crippen LogP contribution in [0.25, 0.3) is 0 Å². The molecule has 0 saturated carbocycles. The number of aromatic nitrogens is 1.